The largest absolute Gasteiger partial charge is 0.340 e. The van der Waals surface area contributed by atoms with Gasteiger partial charge in [-0.1, -0.05) is 6.07 Å². The summed E-state index contributed by atoms with van der Waals surface area (Å²) in [5.74, 6) is 1.26. The van der Waals surface area contributed by atoms with Crippen molar-refractivity contribution in [1.82, 2.24) is 28.3 Å². The van der Waals surface area contributed by atoms with E-state index in [0.29, 0.717) is 28.4 Å². The predicted molar refractivity (Wildman–Crippen MR) is 117 cm³/mol. The molecule has 3 heterocycles. The normalized spacial score (nSPS) is 11.5. The molecule has 3 aromatic heterocycles. The molecular weight excluding hydrogens is 436 g/mol. The summed E-state index contributed by atoms with van der Waals surface area (Å²) in [7, 11) is -3.81. The fraction of sp³-hybridized carbons (Fsp3) is 0. The monoisotopic (exact) mass is 450 g/mol. The van der Waals surface area contributed by atoms with Crippen LogP contribution >= 0.6 is 11.7 Å². The van der Waals surface area contributed by atoms with E-state index in [9.17, 15) is 8.42 Å². The Labute approximate surface area is 181 Å². The molecule has 0 atom stereocenters. The third-order valence-electron chi connectivity index (χ3n) is 4.37. The van der Waals surface area contributed by atoms with Crippen molar-refractivity contribution in [1.29, 1.82) is 0 Å². The van der Waals surface area contributed by atoms with Crippen molar-refractivity contribution in [2.75, 3.05) is 10.0 Å². The van der Waals surface area contributed by atoms with Crippen molar-refractivity contribution in [3.8, 4) is 5.82 Å². The smallest absolute Gasteiger partial charge is 0.264 e. The van der Waals surface area contributed by atoms with Crippen LogP contribution in [0.15, 0.2) is 78.5 Å². The van der Waals surface area contributed by atoms with Crippen molar-refractivity contribution in [3.63, 3.8) is 0 Å². The highest BCUT2D eigenvalue weighted by Gasteiger charge is 2.19. The molecule has 0 unspecified atom stereocenters. The molecule has 0 fully saturated rings. The van der Waals surface area contributed by atoms with E-state index in [1.54, 1.807) is 65.8 Å². The van der Waals surface area contributed by atoms with Crippen molar-refractivity contribution < 1.29 is 8.42 Å². The first kappa shape index (κ1) is 19.1. The molecule has 154 valence electrons. The van der Waals surface area contributed by atoms with Gasteiger partial charge in [0.1, 0.15) is 40.2 Å². The fourth-order valence-electron chi connectivity index (χ4n) is 2.93. The lowest BCUT2D eigenvalue weighted by molar-refractivity contribution is 0.602. The zero-order valence-electron chi connectivity index (χ0n) is 15.7. The Kier molecular flexibility index (Phi) is 4.76. The van der Waals surface area contributed by atoms with E-state index in [0.717, 1.165) is 17.4 Å². The van der Waals surface area contributed by atoms with Crippen LogP contribution in [-0.4, -0.2) is 36.7 Å². The maximum absolute atomic E-state index is 12.8. The number of aromatic nitrogens is 6. The summed E-state index contributed by atoms with van der Waals surface area (Å²) in [6.45, 7) is 0. The Morgan fingerprint density at radius 2 is 1.81 bits per heavy atom. The van der Waals surface area contributed by atoms with E-state index >= 15 is 0 Å². The summed E-state index contributed by atoms with van der Waals surface area (Å²) in [5, 5.41) is 3.17. The lowest BCUT2D eigenvalue weighted by Gasteiger charge is -2.10. The van der Waals surface area contributed by atoms with E-state index in [2.05, 4.69) is 33.7 Å². The van der Waals surface area contributed by atoms with Gasteiger partial charge in [0, 0.05) is 29.8 Å². The molecule has 0 amide bonds. The van der Waals surface area contributed by atoms with Gasteiger partial charge in [-0.05, 0) is 36.4 Å². The Balaban J connectivity index is 1.34. The van der Waals surface area contributed by atoms with Crippen molar-refractivity contribution in [2.24, 2.45) is 0 Å². The number of sulfonamides is 1. The third-order valence-corrected chi connectivity index (χ3v) is 6.33. The highest BCUT2D eigenvalue weighted by atomic mass is 32.2. The average Bonchev–Trinajstić information content (AvgIpc) is 3.47. The van der Waals surface area contributed by atoms with Gasteiger partial charge >= 0.3 is 0 Å². The van der Waals surface area contributed by atoms with Gasteiger partial charge in [-0.2, -0.15) is 8.75 Å². The molecule has 0 saturated carbocycles. The number of nitrogens with one attached hydrogen (secondary N) is 2. The van der Waals surface area contributed by atoms with Gasteiger partial charge in [0.15, 0.2) is 0 Å². The van der Waals surface area contributed by atoms with Crippen LogP contribution in [-0.2, 0) is 10.0 Å². The molecule has 0 spiro atoms. The number of anilines is 3. The van der Waals surface area contributed by atoms with Gasteiger partial charge in [-0.25, -0.2) is 23.4 Å². The number of nitrogens with zero attached hydrogens (tertiary/aromatic N) is 6. The molecule has 2 N–H and O–H groups in total. The molecule has 0 aliphatic carbocycles. The number of hydrogen-bond donors (Lipinski definition) is 2. The van der Waals surface area contributed by atoms with Crippen LogP contribution in [0.25, 0.3) is 16.9 Å². The average molecular weight is 451 g/mol. The second-order valence-corrected chi connectivity index (χ2v) is 8.61. The van der Waals surface area contributed by atoms with Crippen LogP contribution in [0.2, 0.25) is 0 Å². The molecule has 2 aromatic carbocycles. The second-order valence-electron chi connectivity index (χ2n) is 6.43. The number of fused-ring (bicyclic) bond motifs is 1. The molecule has 5 aromatic rings. The van der Waals surface area contributed by atoms with Gasteiger partial charge in [0.05, 0.1) is 11.7 Å². The van der Waals surface area contributed by atoms with Gasteiger partial charge in [-0.3, -0.25) is 9.29 Å². The molecule has 5 rings (SSSR count). The number of rotatable bonds is 6. The minimum Gasteiger partial charge on any atom is -0.340 e. The number of benzene rings is 2. The van der Waals surface area contributed by atoms with Crippen molar-refractivity contribution in [2.45, 2.75) is 4.90 Å². The van der Waals surface area contributed by atoms with Gasteiger partial charge in [0.25, 0.3) is 10.0 Å². The Morgan fingerprint density at radius 1 is 0.968 bits per heavy atom. The maximum atomic E-state index is 12.8. The maximum Gasteiger partial charge on any atom is 0.264 e. The van der Waals surface area contributed by atoms with E-state index < -0.39 is 10.0 Å². The first-order chi connectivity index (χ1) is 15.1. The third kappa shape index (κ3) is 3.93. The molecule has 0 aliphatic heterocycles. The lowest BCUT2D eigenvalue weighted by Crippen LogP contribution is -2.13. The highest BCUT2D eigenvalue weighted by molar-refractivity contribution is 7.93. The number of imidazole rings is 1. The lowest BCUT2D eigenvalue weighted by atomic mass is 10.3. The molecule has 0 radical (unpaired) electrons. The van der Waals surface area contributed by atoms with Crippen LogP contribution < -0.4 is 10.0 Å². The van der Waals surface area contributed by atoms with E-state index in [-0.39, 0.29) is 4.90 Å². The van der Waals surface area contributed by atoms with E-state index in [4.69, 9.17) is 0 Å². The summed E-state index contributed by atoms with van der Waals surface area (Å²) in [6.07, 6.45) is 6.55. The van der Waals surface area contributed by atoms with Crippen molar-refractivity contribution in [3.05, 3.63) is 73.6 Å². The summed E-state index contributed by atoms with van der Waals surface area (Å²) < 4.78 is 38.2. The van der Waals surface area contributed by atoms with E-state index in [1.807, 2.05) is 0 Å². The molecule has 31 heavy (non-hydrogen) atoms. The Hall–Kier alpha value is -3.90. The van der Waals surface area contributed by atoms with E-state index in [1.165, 1.54) is 12.4 Å². The quantitative estimate of drug-likeness (QED) is 0.404. The summed E-state index contributed by atoms with van der Waals surface area (Å²) in [5.41, 5.74) is 2.07. The Morgan fingerprint density at radius 3 is 2.61 bits per heavy atom. The highest BCUT2D eigenvalue weighted by Crippen LogP contribution is 2.25. The van der Waals surface area contributed by atoms with Gasteiger partial charge < -0.3 is 5.32 Å². The molecule has 12 heteroatoms. The van der Waals surface area contributed by atoms with Crippen LogP contribution in [0.5, 0.6) is 0 Å². The van der Waals surface area contributed by atoms with Crippen molar-refractivity contribution >= 4 is 50.0 Å². The zero-order valence-corrected chi connectivity index (χ0v) is 17.4. The molecule has 10 nitrogen and oxygen atoms in total. The molecule has 0 saturated heterocycles. The fourth-order valence-corrected chi connectivity index (χ4v) is 4.76. The van der Waals surface area contributed by atoms with Crippen LogP contribution in [0.3, 0.4) is 0 Å². The molecular formula is C19H14N8O2S2. The van der Waals surface area contributed by atoms with Crippen LogP contribution in [0.1, 0.15) is 0 Å². The zero-order chi connectivity index (χ0) is 21.3. The summed E-state index contributed by atoms with van der Waals surface area (Å²) in [4.78, 5) is 12.5. The first-order valence-electron chi connectivity index (χ1n) is 9.00. The van der Waals surface area contributed by atoms with Crippen LogP contribution in [0, 0.1) is 0 Å². The summed E-state index contributed by atoms with van der Waals surface area (Å²) >= 11 is 0.976. The standard InChI is InChI=1S/C19H14N8O2S2/c28-31(29,16-3-1-2-15-19(16)25-30-24-15)26-14-6-4-13(5-7-14)23-17-10-18(22-11-21-17)27-9-8-20-12-27/h1-12,26H,(H,21,22,23). The van der Waals surface area contributed by atoms with Gasteiger partial charge in [-0.15, -0.1) is 0 Å². The molecule has 0 aliphatic rings. The predicted octanol–water partition coefficient (Wildman–Crippen LogP) is 3.21. The topological polar surface area (TPSA) is 128 Å². The Bertz CT molecular complexity index is 1450. The first-order valence-corrected chi connectivity index (χ1v) is 11.2. The van der Waals surface area contributed by atoms with Gasteiger partial charge in [0.2, 0.25) is 0 Å². The van der Waals surface area contributed by atoms with Crippen LogP contribution in [0.4, 0.5) is 17.2 Å². The minimum absolute atomic E-state index is 0.0916. The second kappa shape index (κ2) is 7.74. The number of hydrogen-bond acceptors (Lipinski definition) is 9. The molecule has 0 bridgehead atoms. The SMILES string of the molecule is O=S(=O)(Nc1ccc(Nc2cc(-n3ccnc3)ncn2)cc1)c1cccc2nsnc12. The minimum atomic E-state index is -3.81. The summed E-state index contributed by atoms with van der Waals surface area (Å²) in [6, 6.07) is 13.5.